The number of thiophene rings is 1. The Morgan fingerprint density at radius 3 is 2.88 bits per heavy atom. The van der Waals surface area contributed by atoms with Gasteiger partial charge in [0.15, 0.2) is 0 Å². The summed E-state index contributed by atoms with van der Waals surface area (Å²) in [5, 5.41) is 8.58. The maximum atomic E-state index is 11.8. The Kier molecular flexibility index (Phi) is 6.31. The molecule has 3 aromatic rings. The second-order valence-electron chi connectivity index (χ2n) is 4.97. The third kappa shape index (κ3) is 4.83. The molecule has 124 valence electrons. The number of benzene rings is 1. The highest BCUT2D eigenvalue weighted by atomic mass is 35.5. The molecule has 2 heterocycles. The number of thioether (sulfide) groups is 1. The summed E-state index contributed by atoms with van der Waals surface area (Å²) >= 11 is 11.0. The van der Waals surface area contributed by atoms with Crippen molar-refractivity contribution in [2.75, 3.05) is 5.75 Å². The van der Waals surface area contributed by atoms with Crippen LogP contribution >= 0.6 is 46.0 Å². The van der Waals surface area contributed by atoms with Crippen molar-refractivity contribution >= 4 is 51.9 Å². The molecule has 0 fully saturated rings. The lowest BCUT2D eigenvalue weighted by atomic mass is 10.2. The second kappa shape index (κ2) is 8.67. The van der Waals surface area contributed by atoms with Gasteiger partial charge in [0.25, 0.3) is 0 Å². The van der Waals surface area contributed by atoms with Crippen molar-refractivity contribution in [1.29, 1.82) is 0 Å². The quantitative estimate of drug-likeness (QED) is 0.607. The van der Waals surface area contributed by atoms with Crippen LogP contribution in [0.3, 0.4) is 0 Å². The van der Waals surface area contributed by atoms with Crippen molar-refractivity contribution < 1.29 is 4.79 Å². The van der Waals surface area contributed by atoms with E-state index in [-0.39, 0.29) is 5.91 Å². The first kappa shape index (κ1) is 17.5. The number of halogens is 1. The number of nitrogens with zero attached hydrogens (tertiary/aromatic N) is 1. The predicted octanol–water partition coefficient (Wildman–Crippen LogP) is 5.07. The summed E-state index contributed by atoms with van der Waals surface area (Å²) in [7, 11) is 0. The highest BCUT2D eigenvalue weighted by Crippen LogP contribution is 2.30. The molecular formula is C17H15ClN2OS3. The van der Waals surface area contributed by atoms with Crippen LogP contribution in [0, 0.1) is 0 Å². The molecule has 1 amide bonds. The summed E-state index contributed by atoms with van der Waals surface area (Å²) < 4.78 is 0. The molecule has 2 aromatic heterocycles. The van der Waals surface area contributed by atoms with Crippen molar-refractivity contribution in [2.45, 2.75) is 12.3 Å². The Labute approximate surface area is 158 Å². The molecule has 0 radical (unpaired) electrons. The summed E-state index contributed by atoms with van der Waals surface area (Å²) in [5.74, 6) is 1.20. The molecule has 1 N–H and O–H groups in total. The van der Waals surface area contributed by atoms with E-state index in [1.807, 2.05) is 47.2 Å². The number of aromatic nitrogens is 1. The average molecular weight is 395 g/mol. The molecule has 24 heavy (non-hydrogen) atoms. The van der Waals surface area contributed by atoms with E-state index in [0.29, 0.717) is 23.1 Å². The van der Waals surface area contributed by atoms with Gasteiger partial charge in [0.05, 0.1) is 23.0 Å². The van der Waals surface area contributed by atoms with Crippen molar-refractivity contribution in [1.82, 2.24) is 10.3 Å². The molecule has 0 bridgehead atoms. The van der Waals surface area contributed by atoms with Crippen LogP contribution in [0.2, 0.25) is 5.02 Å². The summed E-state index contributed by atoms with van der Waals surface area (Å²) in [6.45, 7) is 0.602. The van der Waals surface area contributed by atoms with Crippen molar-refractivity contribution in [2.24, 2.45) is 0 Å². The molecule has 0 saturated heterocycles. The van der Waals surface area contributed by atoms with Gasteiger partial charge in [-0.2, -0.15) is 0 Å². The number of carbonyl (C=O) groups is 1. The van der Waals surface area contributed by atoms with Gasteiger partial charge in [-0.25, -0.2) is 4.98 Å². The van der Waals surface area contributed by atoms with E-state index >= 15 is 0 Å². The van der Waals surface area contributed by atoms with Crippen molar-refractivity contribution in [3.05, 3.63) is 62.8 Å². The molecule has 0 unspecified atom stereocenters. The van der Waals surface area contributed by atoms with Gasteiger partial charge in [0.2, 0.25) is 5.91 Å². The maximum Gasteiger partial charge on any atom is 0.230 e. The lowest BCUT2D eigenvalue weighted by Crippen LogP contribution is -2.24. The number of hydrogen-bond acceptors (Lipinski definition) is 5. The third-order valence-corrected chi connectivity index (χ3v) is 6.28. The van der Waals surface area contributed by atoms with Gasteiger partial charge in [-0.05, 0) is 17.5 Å². The fraction of sp³-hybridized carbons (Fsp3) is 0.176. The Morgan fingerprint density at radius 1 is 1.21 bits per heavy atom. The van der Waals surface area contributed by atoms with Gasteiger partial charge in [-0.1, -0.05) is 35.9 Å². The summed E-state index contributed by atoms with van der Waals surface area (Å²) in [6.07, 6.45) is 0. The number of nitrogens with one attached hydrogen (secondary N) is 1. The molecule has 0 aliphatic rings. The first-order valence-corrected chi connectivity index (χ1v) is 10.6. The monoisotopic (exact) mass is 394 g/mol. The molecule has 0 spiro atoms. The highest BCUT2D eigenvalue weighted by Gasteiger charge is 2.09. The second-order valence-corrected chi connectivity index (χ2v) is 8.26. The molecule has 0 atom stereocenters. The van der Waals surface area contributed by atoms with Crippen LogP contribution in [0.5, 0.6) is 0 Å². The Balaban J connectivity index is 1.46. The van der Waals surface area contributed by atoms with E-state index in [1.165, 1.54) is 0 Å². The standard InChI is InChI=1S/C17H15ClN2OS3/c18-15-6-2-1-5-14(15)17-20-12(10-24-17)9-22-11-16(21)19-8-13-4-3-7-23-13/h1-7,10H,8-9,11H2,(H,19,21). The van der Waals surface area contributed by atoms with E-state index in [0.717, 1.165) is 21.1 Å². The largest absolute Gasteiger partial charge is 0.350 e. The molecular weight excluding hydrogens is 380 g/mol. The lowest BCUT2D eigenvalue weighted by Gasteiger charge is -2.03. The van der Waals surface area contributed by atoms with Crippen molar-refractivity contribution in [3.8, 4) is 10.6 Å². The van der Waals surface area contributed by atoms with Gasteiger partial charge in [-0.3, -0.25) is 4.79 Å². The van der Waals surface area contributed by atoms with E-state index in [1.54, 1.807) is 34.4 Å². The van der Waals surface area contributed by atoms with E-state index in [2.05, 4.69) is 10.3 Å². The van der Waals surface area contributed by atoms with E-state index in [4.69, 9.17) is 11.6 Å². The Morgan fingerprint density at radius 2 is 2.08 bits per heavy atom. The van der Waals surface area contributed by atoms with Gasteiger partial charge in [0, 0.05) is 21.6 Å². The molecule has 3 nitrogen and oxygen atoms in total. The zero-order valence-electron chi connectivity index (χ0n) is 12.7. The lowest BCUT2D eigenvalue weighted by molar-refractivity contribution is -0.118. The summed E-state index contributed by atoms with van der Waals surface area (Å²) in [6, 6.07) is 11.7. The zero-order valence-corrected chi connectivity index (χ0v) is 15.9. The summed E-state index contributed by atoms with van der Waals surface area (Å²) in [5.41, 5.74) is 1.93. The first-order valence-electron chi connectivity index (χ1n) is 7.28. The molecule has 3 rings (SSSR count). The molecule has 0 aliphatic heterocycles. The fourth-order valence-electron chi connectivity index (χ4n) is 2.03. The zero-order chi connectivity index (χ0) is 16.8. The van der Waals surface area contributed by atoms with Gasteiger partial charge >= 0.3 is 0 Å². The van der Waals surface area contributed by atoms with Crippen LogP contribution in [0.25, 0.3) is 10.6 Å². The smallest absolute Gasteiger partial charge is 0.230 e. The first-order chi connectivity index (χ1) is 11.7. The highest BCUT2D eigenvalue weighted by molar-refractivity contribution is 7.99. The minimum Gasteiger partial charge on any atom is -0.350 e. The van der Waals surface area contributed by atoms with Crippen LogP contribution in [-0.4, -0.2) is 16.6 Å². The average Bonchev–Trinajstić information content (AvgIpc) is 3.25. The van der Waals surface area contributed by atoms with Crippen LogP contribution in [0.15, 0.2) is 47.2 Å². The van der Waals surface area contributed by atoms with Gasteiger partial charge < -0.3 is 5.32 Å². The number of rotatable bonds is 7. The predicted molar refractivity (Wildman–Crippen MR) is 105 cm³/mol. The topological polar surface area (TPSA) is 42.0 Å². The Hall–Kier alpha value is -1.34. The third-order valence-electron chi connectivity index (χ3n) is 3.18. The van der Waals surface area contributed by atoms with Crippen LogP contribution in [0.1, 0.15) is 10.6 Å². The van der Waals surface area contributed by atoms with E-state index < -0.39 is 0 Å². The van der Waals surface area contributed by atoms with Crippen LogP contribution < -0.4 is 5.32 Å². The van der Waals surface area contributed by atoms with Crippen molar-refractivity contribution in [3.63, 3.8) is 0 Å². The normalized spacial score (nSPS) is 10.7. The molecule has 0 aliphatic carbocycles. The number of carbonyl (C=O) groups excluding carboxylic acids is 1. The van der Waals surface area contributed by atoms with Crippen LogP contribution in [-0.2, 0) is 17.1 Å². The maximum absolute atomic E-state index is 11.8. The number of amides is 1. The minimum absolute atomic E-state index is 0.0509. The minimum atomic E-state index is 0.0509. The number of hydrogen-bond donors (Lipinski definition) is 1. The molecule has 0 saturated carbocycles. The van der Waals surface area contributed by atoms with Crippen LogP contribution in [0.4, 0.5) is 0 Å². The fourth-order valence-corrected chi connectivity index (χ4v) is 4.67. The summed E-state index contributed by atoms with van der Waals surface area (Å²) in [4.78, 5) is 17.6. The SMILES string of the molecule is O=C(CSCc1csc(-c2ccccc2Cl)n1)NCc1cccs1. The number of thiazole rings is 1. The molecule has 1 aromatic carbocycles. The van der Waals surface area contributed by atoms with Gasteiger partial charge in [0.1, 0.15) is 5.01 Å². The molecule has 7 heteroatoms. The van der Waals surface area contributed by atoms with Gasteiger partial charge in [-0.15, -0.1) is 34.4 Å². The van der Waals surface area contributed by atoms with E-state index in [9.17, 15) is 4.79 Å². The Bertz CT molecular complexity index is 802.